The lowest BCUT2D eigenvalue weighted by atomic mass is 10.2. The molecule has 2 rings (SSSR count). The molecule has 0 spiro atoms. The summed E-state index contributed by atoms with van der Waals surface area (Å²) in [6.07, 6.45) is 0. The Bertz CT molecular complexity index is 433. The minimum Gasteiger partial charge on any atom is -0.311 e. The largest absolute Gasteiger partial charge is 0.311 e. The second kappa shape index (κ2) is 7.87. The number of likely N-dealkylation sites (N-methyl/N-ethyl adjacent to an activating group) is 1. The van der Waals surface area contributed by atoms with Crippen molar-refractivity contribution in [3.8, 4) is 0 Å². The minimum absolute atomic E-state index is 0.605. The molecule has 4 nitrogen and oxygen atoms in total. The lowest BCUT2D eigenvalue weighted by Crippen LogP contribution is -2.49. The highest BCUT2D eigenvalue weighted by molar-refractivity contribution is 5.11. The molecule has 1 atom stereocenters. The second-order valence-electron chi connectivity index (χ2n) is 6.73. The number of piperazine rings is 1. The van der Waals surface area contributed by atoms with Crippen molar-refractivity contribution < 1.29 is 0 Å². The molecule has 0 radical (unpaired) electrons. The minimum atomic E-state index is 0.605. The molecule has 118 valence electrons. The van der Waals surface area contributed by atoms with Gasteiger partial charge in [-0.25, -0.2) is 0 Å². The van der Waals surface area contributed by atoms with E-state index in [0.29, 0.717) is 12.0 Å². The van der Waals surface area contributed by atoms with Crippen molar-refractivity contribution in [2.75, 3.05) is 33.2 Å². The van der Waals surface area contributed by atoms with E-state index in [4.69, 9.17) is 4.98 Å². The predicted molar refractivity (Wildman–Crippen MR) is 88.2 cm³/mol. The van der Waals surface area contributed by atoms with Crippen LogP contribution in [0.2, 0.25) is 0 Å². The lowest BCUT2D eigenvalue weighted by molar-refractivity contribution is 0.0926. The van der Waals surface area contributed by atoms with E-state index in [2.05, 4.69) is 61.1 Å². The number of nitrogens with one attached hydrogen (secondary N) is 1. The van der Waals surface area contributed by atoms with Gasteiger partial charge in [0.25, 0.3) is 0 Å². The standard InChI is InChI=1S/C17H30N4/c1-14(2)10-18-11-16-6-5-7-17(19-16)13-21-9-8-20(4)12-15(21)3/h5-7,14-15,18H,8-13H2,1-4H3. The fourth-order valence-corrected chi connectivity index (χ4v) is 2.83. The molecule has 2 heterocycles. The topological polar surface area (TPSA) is 31.4 Å². The zero-order valence-corrected chi connectivity index (χ0v) is 14.0. The molecule has 0 saturated carbocycles. The quantitative estimate of drug-likeness (QED) is 0.868. The Morgan fingerprint density at radius 3 is 2.76 bits per heavy atom. The van der Waals surface area contributed by atoms with E-state index in [0.717, 1.165) is 45.0 Å². The first kappa shape index (κ1) is 16.4. The van der Waals surface area contributed by atoms with Crippen LogP contribution in [0.5, 0.6) is 0 Å². The molecule has 0 aliphatic carbocycles. The molecule has 4 heteroatoms. The predicted octanol–water partition coefficient (Wildman–Crippen LogP) is 1.96. The molecule has 1 aliphatic rings. The summed E-state index contributed by atoms with van der Waals surface area (Å²) in [6.45, 7) is 13.1. The van der Waals surface area contributed by atoms with Crippen molar-refractivity contribution in [3.63, 3.8) is 0 Å². The van der Waals surface area contributed by atoms with Gasteiger partial charge in [-0.15, -0.1) is 0 Å². The molecule has 21 heavy (non-hydrogen) atoms. The summed E-state index contributed by atoms with van der Waals surface area (Å²) in [6, 6.07) is 7.00. The first-order valence-corrected chi connectivity index (χ1v) is 8.12. The zero-order chi connectivity index (χ0) is 15.2. The van der Waals surface area contributed by atoms with Crippen LogP contribution in [-0.4, -0.2) is 54.1 Å². The molecule has 1 aromatic rings. The molecular weight excluding hydrogens is 260 g/mol. The van der Waals surface area contributed by atoms with Crippen molar-refractivity contribution in [3.05, 3.63) is 29.6 Å². The highest BCUT2D eigenvalue weighted by atomic mass is 15.3. The fraction of sp³-hybridized carbons (Fsp3) is 0.706. The maximum absolute atomic E-state index is 4.80. The van der Waals surface area contributed by atoms with Crippen molar-refractivity contribution in [2.45, 2.75) is 39.9 Å². The van der Waals surface area contributed by atoms with Gasteiger partial charge in [-0.1, -0.05) is 19.9 Å². The van der Waals surface area contributed by atoms with Crippen molar-refractivity contribution in [2.24, 2.45) is 5.92 Å². The van der Waals surface area contributed by atoms with Crippen molar-refractivity contribution in [1.82, 2.24) is 20.1 Å². The summed E-state index contributed by atoms with van der Waals surface area (Å²) in [5.74, 6) is 0.680. The summed E-state index contributed by atoms with van der Waals surface area (Å²) in [5, 5.41) is 3.46. The highest BCUT2D eigenvalue weighted by Gasteiger charge is 2.21. The van der Waals surface area contributed by atoms with Crippen LogP contribution in [0, 0.1) is 5.92 Å². The van der Waals surface area contributed by atoms with E-state index in [1.54, 1.807) is 0 Å². The number of rotatable bonds is 6. The average molecular weight is 290 g/mol. The number of nitrogens with zero attached hydrogens (tertiary/aromatic N) is 3. The van der Waals surface area contributed by atoms with Crippen molar-refractivity contribution >= 4 is 0 Å². The van der Waals surface area contributed by atoms with Gasteiger partial charge in [0.1, 0.15) is 0 Å². The van der Waals surface area contributed by atoms with Crippen LogP contribution in [-0.2, 0) is 13.1 Å². The molecule has 1 N–H and O–H groups in total. The Kier molecular flexibility index (Phi) is 6.15. The first-order valence-electron chi connectivity index (χ1n) is 8.12. The molecule has 1 saturated heterocycles. The SMILES string of the molecule is CC(C)CNCc1cccc(CN2CCN(C)CC2C)n1. The molecule has 1 fully saturated rings. The average Bonchev–Trinajstić information content (AvgIpc) is 2.42. The van der Waals surface area contributed by atoms with Gasteiger partial charge in [0.05, 0.1) is 11.4 Å². The molecular formula is C17H30N4. The Labute approximate surface area is 129 Å². The van der Waals surface area contributed by atoms with Gasteiger partial charge in [-0.05, 0) is 38.6 Å². The Morgan fingerprint density at radius 2 is 2.05 bits per heavy atom. The molecule has 0 amide bonds. The fourth-order valence-electron chi connectivity index (χ4n) is 2.83. The van der Waals surface area contributed by atoms with Gasteiger partial charge in [0.15, 0.2) is 0 Å². The van der Waals surface area contributed by atoms with Gasteiger partial charge in [-0.2, -0.15) is 0 Å². The number of pyridine rings is 1. The van der Waals surface area contributed by atoms with Crippen molar-refractivity contribution in [1.29, 1.82) is 0 Å². The highest BCUT2D eigenvalue weighted by Crippen LogP contribution is 2.12. The molecule has 0 bridgehead atoms. The maximum atomic E-state index is 4.80. The summed E-state index contributed by atoms with van der Waals surface area (Å²) >= 11 is 0. The monoisotopic (exact) mass is 290 g/mol. The molecule has 0 aromatic carbocycles. The third kappa shape index (κ3) is 5.38. The van der Waals surface area contributed by atoms with Crippen LogP contribution in [0.1, 0.15) is 32.2 Å². The van der Waals surface area contributed by atoms with E-state index < -0.39 is 0 Å². The number of hydrogen-bond donors (Lipinski definition) is 1. The van der Waals surface area contributed by atoms with Crippen LogP contribution >= 0.6 is 0 Å². The maximum Gasteiger partial charge on any atom is 0.0548 e. The van der Waals surface area contributed by atoms with Gasteiger partial charge in [0.2, 0.25) is 0 Å². The van der Waals surface area contributed by atoms with Crippen LogP contribution < -0.4 is 5.32 Å². The number of hydrogen-bond acceptors (Lipinski definition) is 4. The van der Waals surface area contributed by atoms with Gasteiger partial charge in [-0.3, -0.25) is 9.88 Å². The van der Waals surface area contributed by atoms with Crippen LogP contribution in [0.15, 0.2) is 18.2 Å². The Balaban J connectivity index is 1.88. The van der Waals surface area contributed by atoms with E-state index in [1.807, 2.05) is 0 Å². The summed E-state index contributed by atoms with van der Waals surface area (Å²) in [7, 11) is 2.20. The molecule has 1 unspecified atom stereocenters. The summed E-state index contributed by atoms with van der Waals surface area (Å²) < 4.78 is 0. The molecule has 1 aromatic heterocycles. The van der Waals surface area contributed by atoms with Gasteiger partial charge < -0.3 is 10.2 Å². The van der Waals surface area contributed by atoms with Crippen LogP contribution in [0.25, 0.3) is 0 Å². The van der Waals surface area contributed by atoms with E-state index in [-0.39, 0.29) is 0 Å². The third-order valence-electron chi connectivity index (χ3n) is 4.06. The van der Waals surface area contributed by atoms with E-state index in [9.17, 15) is 0 Å². The second-order valence-corrected chi connectivity index (χ2v) is 6.73. The van der Waals surface area contributed by atoms with Crippen LogP contribution in [0.3, 0.4) is 0 Å². The number of aromatic nitrogens is 1. The smallest absolute Gasteiger partial charge is 0.0548 e. The van der Waals surface area contributed by atoms with E-state index in [1.165, 1.54) is 5.69 Å². The Morgan fingerprint density at radius 1 is 1.29 bits per heavy atom. The Hall–Kier alpha value is -0.970. The van der Waals surface area contributed by atoms with Gasteiger partial charge >= 0.3 is 0 Å². The van der Waals surface area contributed by atoms with Crippen LogP contribution in [0.4, 0.5) is 0 Å². The summed E-state index contributed by atoms with van der Waals surface area (Å²) in [5.41, 5.74) is 2.34. The molecule has 1 aliphatic heterocycles. The van der Waals surface area contributed by atoms with Gasteiger partial charge in [0, 0.05) is 38.8 Å². The first-order chi connectivity index (χ1) is 10.0. The summed E-state index contributed by atoms with van der Waals surface area (Å²) in [4.78, 5) is 9.74. The van der Waals surface area contributed by atoms with E-state index >= 15 is 0 Å². The zero-order valence-electron chi connectivity index (χ0n) is 14.0. The third-order valence-corrected chi connectivity index (χ3v) is 4.06. The lowest BCUT2D eigenvalue weighted by Gasteiger charge is -2.38. The normalized spacial score (nSPS) is 21.1.